The second kappa shape index (κ2) is 6.23. The van der Waals surface area contributed by atoms with Gasteiger partial charge < -0.3 is 15.6 Å². The molecule has 116 valence electrons. The molecule has 3 heterocycles. The summed E-state index contributed by atoms with van der Waals surface area (Å²) in [5.74, 6) is 0.0457. The molecule has 1 aliphatic heterocycles. The third-order valence-corrected chi connectivity index (χ3v) is 3.33. The minimum atomic E-state index is -0.527. The quantitative estimate of drug-likeness (QED) is 0.753. The Morgan fingerprint density at radius 2 is 2.24 bits per heavy atom. The molecule has 0 spiro atoms. The number of nitrogens with two attached hydrogens (primary N) is 1. The Morgan fingerprint density at radius 3 is 2.86 bits per heavy atom. The van der Waals surface area contributed by atoms with Crippen molar-refractivity contribution in [3.05, 3.63) is 16.7 Å². The largest absolute Gasteiger partial charge is 0.391 e. The molecule has 0 radical (unpaired) electrons. The zero-order valence-electron chi connectivity index (χ0n) is 12.4. The summed E-state index contributed by atoms with van der Waals surface area (Å²) in [7, 11) is 0. The summed E-state index contributed by atoms with van der Waals surface area (Å²) in [5.41, 5.74) is 5.80. The number of anilines is 1. The standard InChI is InChI=1S/C11H15N5O3.C2H6/c1-5(17)6-2-3-7(19-6)16-4-13-8-9(16)14-11(12)15-10(8)18;1-2/h4-7,17H,2-3H2,1H3,(H3,12,14,15,18);1-2H3. The number of aliphatic hydroxyl groups excluding tert-OH is 1. The molecule has 0 aliphatic carbocycles. The number of hydrogen-bond donors (Lipinski definition) is 3. The van der Waals surface area contributed by atoms with Crippen LogP contribution in [0.15, 0.2) is 11.1 Å². The van der Waals surface area contributed by atoms with Crippen LogP contribution in [0.4, 0.5) is 5.95 Å². The van der Waals surface area contributed by atoms with Gasteiger partial charge in [-0.25, -0.2) is 4.98 Å². The van der Waals surface area contributed by atoms with Crippen LogP contribution in [0, 0.1) is 0 Å². The Hall–Kier alpha value is -1.93. The SMILES string of the molecule is CC.CC(O)C1CCC(n2cnc3c(=O)[nH]c(N)nc32)O1. The van der Waals surface area contributed by atoms with Crippen molar-refractivity contribution in [2.75, 3.05) is 5.73 Å². The molecule has 0 bridgehead atoms. The third-order valence-electron chi connectivity index (χ3n) is 3.33. The van der Waals surface area contributed by atoms with Gasteiger partial charge in [0.25, 0.3) is 5.56 Å². The van der Waals surface area contributed by atoms with Gasteiger partial charge in [0.15, 0.2) is 11.2 Å². The van der Waals surface area contributed by atoms with Crippen LogP contribution >= 0.6 is 0 Å². The van der Waals surface area contributed by atoms with E-state index in [-0.39, 0.29) is 29.4 Å². The lowest BCUT2D eigenvalue weighted by Crippen LogP contribution is -2.22. The van der Waals surface area contributed by atoms with Crippen LogP contribution in [0.1, 0.15) is 39.8 Å². The van der Waals surface area contributed by atoms with Crippen LogP contribution < -0.4 is 11.3 Å². The Bertz CT molecular complexity index is 663. The number of nitrogens with zero attached hydrogens (tertiary/aromatic N) is 3. The van der Waals surface area contributed by atoms with Crippen molar-refractivity contribution in [1.29, 1.82) is 0 Å². The van der Waals surface area contributed by atoms with Crippen LogP contribution in [0.25, 0.3) is 11.2 Å². The smallest absolute Gasteiger partial charge is 0.280 e. The highest BCUT2D eigenvalue weighted by atomic mass is 16.5. The van der Waals surface area contributed by atoms with E-state index in [1.54, 1.807) is 11.5 Å². The lowest BCUT2D eigenvalue weighted by molar-refractivity contribution is -0.0515. The number of hydrogen-bond acceptors (Lipinski definition) is 6. The van der Waals surface area contributed by atoms with Gasteiger partial charge in [0.1, 0.15) is 6.23 Å². The van der Waals surface area contributed by atoms with E-state index in [0.717, 1.165) is 12.8 Å². The highest BCUT2D eigenvalue weighted by molar-refractivity contribution is 5.70. The van der Waals surface area contributed by atoms with Crippen molar-refractivity contribution < 1.29 is 9.84 Å². The number of aliphatic hydroxyl groups is 1. The Morgan fingerprint density at radius 1 is 1.52 bits per heavy atom. The van der Waals surface area contributed by atoms with Gasteiger partial charge in [-0.1, -0.05) is 13.8 Å². The van der Waals surface area contributed by atoms with Crippen LogP contribution in [0.3, 0.4) is 0 Å². The fourth-order valence-electron chi connectivity index (χ4n) is 2.36. The van der Waals surface area contributed by atoms with Crippen molar-refractivity contribution in [2.45, 2.75) is 52.0 Å². The van der Waals surface area contributed by atoms with E-state index < -0.39 is 6.10 Å². The topological polar surface area (TPSA) is 119 Å². The maximum absolute atomic E-state index is 11.7. The van der Waals surface area contributed by atoms with Crippen molar-refractivity contribution in [3.8, 4) is 0 Å². The van der Waals surface area contributed by atoms with Crippen molar-refractivity contribution in [2.24, 2.45) is 0 Å². The molecule has 2 aromatic heterocycles. The Labute approximate surface area is 122 Å². The van der Waals surface area contributed by atoms with Crippen molar-refractivity contribution in [1.82, 2.24) is 19.5 Å². The van der Waals surface area contributed by atoms with Crippen molar-refractivity contribution >= 4 is 17.1 Å². The molecule has 0 saturated carbocycles. The molecule has 0 aromatic carbocycles. The van der Waals surface area contributed by atoms with E-state index in [4.69, 9.17) is 10.5 Å². The molecule has 4 N–H and O–H groups in total. The molecular weight excluding hydrogens is 274 g/mol. The molecular formula is C13H21N5O3. The number of ether oxygens (including phenoxy) is 1. The second-order valence-electron chi connectivity index (χ2n) is 4.72. The maximum atomic E-state index is 11.7. The fourth-order valence-corrected chi connectivity index (χ4v) is 2.36. The van der Waals surface area contributed by atoms with Gasteiger partial charge in [-0.05, 0) is 19.8 Å². The van der Waals surface area contributed by atoms with Crippen LogP contribution in [0.5, 0.6) is 0 Å². The van der Waals surface area contributed by atoms with Gasteiger partial charge in [-0.2, -0.15) is 4.98 Å². The van der Waals surface area contributed by atoms with Gasteiger partial charge in [-0.3, -0.25) is 14.3 Å². The number of nitrogen functional groups attached to an aromatic ring is 1. The second-order valence-corrected chi connectivity index (χ2v) is 4.72. The van der Waals surface area contributed by atoms with E-state index in [0.29, 0.717) is 5.65 Å². The van der Waals surface area contributed by atoms with E-state index >= 15 is 0 Å². The average molecular weight is 295 g/mol. The molecule has 8 nitrogen and oxygen atoms in total. The molecule has 3 unspecified atom stereocenters. The number of imidazole rings is 1. The molecule has 8 heteroatoms. The molecule has 2 aromatic rings. The zero-order valence-corrected chi connectivity index (χ0v) is 12.4. The normalized spacial score (nSPS) is 22.9. The number of H-pyrrole nitrogens is 1. The Kier molecular flexibility index (Phi) is 4.59. The first kappa shape index (κ1) is 15.5. The minimum Gasteiger partial charge on any atom is -0.391 e. The summed E-state index contributed by atoms with van der Waals surface area (Å²) in [6.07, 6.45) is 1.98. The predicted octanol–water partition coefficient (Wildman–Crippen LogP) is 0.786. The zero-order chi connectivity index (χ0) is 15.6. The first-order valence-corrected chi connectivity index (χ1v) is 7.12. The van der Waals surface area contributed by atoms with Crippen LogP contribution in [-0.4, -0.2) is 36.8 Å². The number of fused-ring (bicyclic) bond motifs is 1. The molecule has 21 heavy (non-hydrogen) atoms. The number of rotatable bonds is 2. The molecule has 3 rings (SSSR count). The average Bonchev–Trinajstić information content (AvgIpc) is 3.06. The summed E-state index contributed by atoms with van der Waals surface area (Å²) in [5, 5.41) is 9.53. The number of aromatic nitrogens is 4. The predicted molar refractivity (Wildman–Crippen MR) is 78.7 cm³/mol. The minimum absolute atomic E-state index is 0.0457. The van der Waals surface area contributed by atoms with Gasteiger partial charge in [0, 0.05) is 0 Å². The summed E-state index contributed by atoms with van der Waals surface area (Å²) < 4.78 is 7.42. The van der Waals surface area contributed by atoms with Crippen LogP contribution in [0.2, 0.25) is 0 Å². The highest BCUT2D eigenvalue weighted by Gasteiger charge is 2.30. The molecule has 3 atom stereocenters. The van der Waals surface area contributed by atoms with Gasteiger partial charge in [-0.15, -0.1) is 0 Å². The lowest BCUT2D eigenvalue weighted by Gasteiger charge is -2.16. The van der Waals surface area contributed by atoms with Gasteiger partial charge in [0.05, 0.1) is 18.5 Å². The van der Waals surface area contributed by atoms with E-state index in [1.165, 1.54) is 6.33 Å². The van der Waals surface area contributed by atoms with Crippen LogP contribution in [-0.2, 0) is 4.74 Å². The first-order chi connectivity index (χ1) is 10.1. The monoisotopic (exact) mass is 295 g/mol. The fraction of sp³-hybridized carbons (Fsp3) is 0.615. The molecule has 0 amide bonds. The summed E-state index contributed by atoms with van der Waals surface area (Å²) >= 11 is 0. The van der Waals surface area contributed by atoms with E-state index in [1.807, 2.05) is 13.8 Å². The molecule has 1 saturated heterocycles. The Balaban J connectivity index is 0.000000774. The summed E-state index contributed by atoms with van der Waals surface area (Å²) in [4.78, 5) is 22.2. The number of nitrogens with one attached hydrogen (secondary N) is 1. The lowest BCUT2D eigenvalue weighted by atomic mass is 10.1. The first-order valence-electron chi connectivity index (χ1n) is 7.12. The molecule has 1 aliphatic rings. The summed E-state index contributed by atoms with van der Waals surface area (Å²) in [6.45, 7) is 5.69. The number of aromatic amines is 1. The maximum Gasteiger partial charge on any atom is 0.280 e. The van der Waals surface area contributed by atoms with E-state index in [9.17, 15) is 9.90 Å². The highest BCUT2D eigenvalue weighted by Crippen LogP contribution is 2.31. The third kappa shape index (κ3) is 2.91. The van der Waals surface area contributed by atoms with E-state index in [2.05, 4.69) is 15.0 Å². The summed E-state index contributed by atoms with van der Waals surface area (Å²) in [6, 6.07) is 0. The molecule has 1 fully saturated rings. The van der Waals surface area contributed by atoms with Crippen molar-refractivity contribution in [3.63, 3.8) is 0 Å². The van der Waals surface area contributed by atoms with Gasteiger partial charge >= 0.3 is 0 Å². The van der Waals surface area contributed by atoms with Gasteiger partial charge in [0.2, 0.25) is 5.95 Å².